The molecule has 0 spiro atoms. The predicted octanol–water partition coefficient (Wildman–Crippen LogP) is 2.68. The van der Waals surface area contributed by atoms with E-state index < -0.39 is 23.7 Å². The van der Waals surface area contributed by atoms with Gasteiger partial charge in [-0.1, -0.05) is 24.3 Å². The fourth-order valence-corrected chi connectivity index (χ4v) is 7.61. The normalized spacial score (nSPS) is 35.5. The van der Waals surface area contributed by atoms with Gasteiger partial charge in [0.2, 0.25) is 23.6 Å². The third-order valence-corrected chi connectivity index (χ3v) is 8.97. The lowest BCUT2D eigenvalue weighted by molar-refractivity contribution is -0.166. The monoisotopic (exact) mass is 484 g/mol. The average Bonchev–Trinajstić information content (AvgIpc) is 3.27. The minimum atomic E-state index is -0.519. The van der Waals surface area contributed by atoms with Crippen LogP contribution in [-0.4, -0.2) is 37.8 Å². The highest BCUT2D eigenvalue weighted by Gasteiger charge is 2.75. The number of imide groups is 2. The standard InChI is InChI=1S/C28H24N2O6/c1-35-15-7-3-5-13(11-15)29-25(31)21-17-9-10-18(22(21)26(29)32)20-19(17)23-24(20)28(34)30(27(23)33)14-6-4-8-16(12-14)36-2/h3-12,17-24H,1-2H3/t17-,18+,19-,20-,21+,22-,23-,24-/m1/s1. The largest absolute Gasteiger partial charge is 0.497 e. The number of hydrogen-bond acceptors (Lipinski definition) is 6. The lowest BCUT2D eigenvalue weighted by Gasteiger charge is -2.60. The van der Waals surface area contributed by atoms with Crippen molar-refractivity contribution in [3.05, 3.63) is 60.7 Å². The van der Waals surface area contributed by atoms with Gasteiger partial charge in [-0.2, -0.15) is 0 Å². The first-order chi connectivity index (χ1) is 17.5. The molecule has 4 fully saturated rings. The summed E-state index contributed by atoms with van der Waals surface area (Å²) in [6, 6.07) is 13.9. The first-order valence-electron chi connectivity index (χ1n) is 12.2. The number of rotatable bonds is 4. The van der Waals surface area contributed by atoms with E-state index in [0.29, 0.717) is 22.9 Å². The van der Waals surface area contributed by atoms with Gasteiger partial charge in [0, 0.05) is 12.1 Å². The Bertz CT molecular complexity index is 1330. The maximum Gasteiger partial charge on any atom is 0.238 e. The molecule has 2 saturated carbocycles. The Kier molecular flexibility index (Phi) is 4.32. The summed E-state index contributed by atoms with van der Waals surface area (Å²) in [6.07, 6.45) is 4.02. The van der Waals surface area contributed by atoms with Gasteiger partial charge in [-0.3, -0.25) is 19.2 Å². The summed E-state index contributed by atoms with van der Waals surface area (Å²) in [5.41, 5.74) is 0.981. The van der Waals surface area contributed by atoms with Gasteiger partial charge < -0.3 is 9.47 Å². The molecule has 6 aliphatic rings. The van der Waals surface area contributed by atoms with Crippen LogP contribution in [0.5, 0.6) is 11.5 Å². The Morgan fingerprint density at radius 2 is 0.972 bits per heavy atom. The van der Waals surface area contributed by atoms with Crippen molar-refractivity contribution in [2.24, 2.45) is 47.3 Å². The van der Waals surface area contributed by atoms with E-state index in [1.807, 2.05) is 12.2 Å². The molecule has 2 bridgehead atoms. The van der Waals surface area contributed by atoms with Gasteiger partial charge in [0.05, 0.1) is 49.3 Å². The lowest BCUT2D eigenvalue weighted by Crippen LogP contribution is -2.63. The number of methoxy groups -OCH3 is 2. The van der Waals surface area contributed by atoms with E-state index in [-0.39, 0.29) is 47.3 Å². The van der Waals surface area contributed by atoms with E-state index in [1.54, 1.807) is 48.5 Å². The molecule has 4 amide bonds. The second-order valence-electron chi connectivity index (χ2n) is 10.2. The van der Waals surface area contributed by atoms with Crippen LogP contribution in [0.25, 0.3) is 0 Å². The maximum atomic E-state index is 13.7. The molecule has 4 aliphatic carbocycles. The van der Waals surface area contributed by atoms with E-state index in [2.05, 4.69) is 0 Å². The molecule has 0 N–H and O–H groups in total. The zero-order valence-corrected chi connectivity index (χ0v) is 19.7. The minimum absolute atomic E-state index is 0.125. The average molecular weight is 485 g/mol. The topological polar surface area (TPSA) is 93.2 Å². The number of ether oxygens (including phenoxy) is 2. The highest BCUT2D eigenvalue weighted by atomic mass is 16.5. The Morgan fingerprint density at radius 3 is 1.36 bits per heavy atom. The summed E-state index contributed by atoms with van der Waals surface area (Å²) < 4.78 is 10.6. The van der Waals surface area contributed by atoms with Gasteiger partial charge in [0.1, 0.15) is 11.5 Å². The van der Waals surface area contributed by atoms with Crippen LogP contribution in [0.1, 0.15) is 0 Å². The van der Waals surface area contributed by atoms with E-state index in [1.165, 1.54) is 24.0 Å². The number of fused-ring (bicyclic) bond motifs is 1. The molecule has 2 heterocycles. The smallest absolute Gasteiger partial charge is 0.238 e. The van der Waals surface area contributed by atoms with E-state index in [9.17, 15) is 19.2 Å². The van der Waals surface area contributed by atoms with Crippen LogP contribution in [-0.2, 0) is 19.2 Å². The van der Waals surface area contributed by atoms with Crippen LogP contribution in [0.15, 0.2) is 60.7 Å². The molecule has 8 atom stereocenters. The molecule has 2 saturated heterocycles. The number of carbonyl (C=O) groups is 4. The summed E-state index contributed by atoms with van der Waals surface area (Å²) in [5, 5.41) is 0. The van der Waals surface area contributed by atoms with Crippen LogP contribution < -0.4 is 19.3 Å². The summed E-state index contributed by atoms with van der Waals surface area (Å²) in [7, 11) is 3.08. The first-order valence-corrected chi connectivity index (χ1v) is 12.2. The van der Waals surface area contributed by atoms with Crippen molar-refractivity contribution in [1.29, 1.82) is 0 Å². The molecule has 2 aromatic carbocycles. The Labute approximate surface area is 207 Å². The van der Waals surface area contributed by atoms with E-state index >= 15 is 0 Å². The Hall–Kier alpha value is -3.94. The van der Waals surface area contributed by atoms with Crippen molar-refractivity contribution in [2.75, 3.05) is 24.0 Å². The molecule has 36 heavy (non-hydrogen) atoms. The molecular formula is C28H24N2O6. The molecule has 8 rings (SSSR count). The zero-order valence-electron chi connectivity index (χ0n) is 19.7. The van der Waals surface area contributed by atoms with Crippen LogP contribution >= 0.6 is 0 Å². The van der Waals surface area contributed by atoms with Gasteiger partial charge in [0.25, 0.3) is 0 Å². The summed E-state index contributed by atoms with van der Waals surface area (Å²) in [4.78, 5) is 57.0. The molecule has 0 radical (unpaired) electrons. The summed E-state index contributed by atoms with van der Waals surface area (Å²) in [6.45, 7) is 0. The fourth-order valence-electron chi connectivity index (χ4n) is 7.61. The van der Waals surface area contributed by atoms with E-state index in [0.717, 1.165) is 0 Å². The molecule has 2 aromatic rings. The van der Waals surface area contributed by atoms with Crippen molar-refractivity contribution < 1.29 is 28.7 Å². The molecule has 182 valence electrons. The van der Waals surface area contributed by atoms with Gasteiger partial charge in [-0.25, -0.2) is 9.80 Å². The van der Waals surface area contributed by atoms with Gasteiger partial charge in [0.15, 0.2) is 0 Å². The van der Waals surface area contributed by atoms with Crippen molar-refractivity contribution in [1.82, 2.24) is 0 Å². The molecular weight excluding hydrogens is 460 g/mol. The highest BCUT2D eigenvalue weighted by molar-refractivity contribution is 6.25. The second-order valence-corrected chi connectivity index (χ2v) is 10.2. The first kappa shape index (κ1) is 21.4. The minimum Gasteiger partial charge on any atom is -0.497 e. The predicted molar refractivity (Wildman–Crippen MR) is 128 cm³/mol. The number of allylic oxidation sites excluding steroid dienone is 2. The SMILES string of the molecule is COc1cccc(N2C(=O)[C@@H]3[C@H]4C=C[C@@H]([C@@H]3C2=O)[C@H]2[C@H]3C(=O)N(c5cccc(OC)c5)C(=O)[C@@H]3[C@H]42)c1. The Balaban J connectivity index is 1.24. The zero-order chi connectivity index (χ0) is 24.9. The molecule has 8 heteroatoms. The third-order valence-electron chi connectivity index (χ3n) is 8.97. The van der Waals surface area contributed by atoms with Crippen molar-refractivity contribution in [3.8, 4) is 11.5 Å². The van der Waals surface area contributed by atoms with Crippen LogP contribution in [0.4, 0.5) is 11.4 Å². The maximum absolute atomic E-state index is 13.7. The summed E-state index contributed by atoms with van der Waals surface area (Å²) in [5.74, 6) is -2.52. The van der Waals surface area contributed by atoms with Crippen LogP contribution in [0, 0.1) is 47.3 Å². The Morgan fingerprint density at radius 1 is 0.583 bits per heavy atom. The number of hydrogen-bond donors (Lipinski definition) is 0. The van der Waals surface area contributed by atoms with Crippen LogP contribution in [0.3, 0.4) is 0 Å². The third kappa shape index (κ3) is 2.49. The van der Waals surface area contributed by atoms with Crippen LogP contribution in [0.2, 0.25) is 0 Å². The number of nitrogens with zero attached hydrogens (tertiary/aromatic N) is 2. The van der Waals surface area contributed by atoms with Gasteiger partial charge in [-0.05, 0) is 47.9 Å². The number of anilines is 2. The number of carbonyl (C=O) groups excluding carboxylic acids is 4. The van der Waals surface area contributed by atoms with Crippen molar-refractivity contribution >= 4 is 35.0 Å². The van der Waals surface area contributed by atoms with Crippen molar-refractivity contribution in [2.45, 2.75) is 0 Å². The van der Waals surface area contributed by atoms with E-state index in [4.69, 9.17) is 9.47 Å². The molecule has 0 aromatic heterocycles. The van der Waals surface area contributed by atoms with Gasteiger partial charge >= 0.3 is 0 Å². The highest BCUT2D eigenvalue weighted by Crippen LogP contribution is 2.68. The van der Waals surface area contributed by atoms with Gasteiger partial charge in [-0.15, -0.1) is 0 Å². The van der Waals surface area contributed by atoms with Crippen molar-refractivity contribution in [3.63, 3.8) is 0 Å². The second kappa shape index (κ2) is 7.29. The number of benzene rings is 2. The quantitative estimate of drug-likeness (QED) is 0.489. The molecule has 8 nitrogen and oxygen atoms in total. The summed E-state index contributed by atoms with van der Waals surface area (Å²) >= 11 is 0. The molecule has 2 aliphatic heterocycles. The fraction of sp³-hybridized carbons (Fsp3) is 0.357. The molecule has 0 unspecified atom stereocenters. The number of amides is 4. The lowest BCUT2D eigenvalue weighted by atomic mass is 9.40.